The fraction of sp³-hybridized carbons (Fsp3) is 0.267. The van der Waals surface area contributed by atoms with Crippen molar-refractivity contribution in [2.45, 2.75) is 11.9 Å². The highest BCUT2D eigenvalue weighted by Crippen LogP contribution is 2.30. The summed E-state index contributed by atoms with van der Waals surface area (Å²) in [6.45, 7) is 1.34. The molecule has 0 aliphatic carbocycles. The lowest BCUT2D eigenvalue weighted by Gasteiger charge is -2.12. The Kier molecular flexibility index (Phi) is 6.27. The fourth-order valence-corrected chi connectivity index (χ4v) is 3.39. The molecule has 0 aliphatic heterocycles. The van der Waals surface area contributed by atoms with E-state index >= 15 is 0 Å². The van der Waals surface area contributed by atoms with Crippen LogP contribution in [0.3, 0.4) is 0 Å². The van der Waals surface area contributed by atoms with Crippen molar-refractivity contribution in [1.82, 2.24) is 10.2 Å². The molecule has 1 aromatic heterocycles. The smallest absolute Gasteiger partial charge is 0.278 e. The van der Waals surface area contributed by atoms with Crippen molar-refractivity contribution in [3.63, 3.8) is 0 Å². The summed E-state index contributed by atoms with van der Waals surface area (Å²) in [5, 5.41) is 5.52. The van der Waals surface area contributed by atoms with E-state index < -0.39 is 15.8 Å². The lowest BCUT2D eigenvalue weighted by molar-refractivity contribution is -0.109. The van der Waals surface area contributed by atoms with Crippen molar-refractivity contribution in [1.29, 1.82) is 0 Å². The summed E-state index contributed by atoms with van der Waals surface area (Å²) in [6, 6.07) is 5.70. The maximum atomic E-state index is 12.5. The first-order valence-corrected chi connectivity index (χ1v) is 9.70. The second-order valence-corrected chi connectivity index (χ2v) is 7.80. The van der Waals surface area contributed by atoms with Crippen LogP contribution >= 0.6 is 11.8 Å². The lowest BCUT2D eigenvalue weighted by Crippen LogP contribution is -2.14. The van der Waals surface area contributed by atoms with Gasteiger partial charge in [0.1, 0.15) is 17.2 Å². The van der Waals surface area contributed by atoms with Crippen LogP contribution in [-0.2, 0) is 14.8 Å². The zero-order chi connectivity index (χ0) is 19.3. The van der Waals surface area contributed by atoms with Crippen LogP contribution in [0.2, 0.25) is 0 Å². The topological polar surface area (TPSA) is 127 Å². The van der Waals surface area contributed by atoms with E-state index in [9.17, 15) is 18.0 Å². The van der Waals surface area contributed by atoms with Crippen LogP contribution in [0.15, 0.2) is 29.3 Å². The summed E-state index contributed by atoms with van der Waals surface area (Å²) in [7, 11) is -1.15. The van der Waals surface area contributed by atoms with Gasteiger partial charge in [0.15, 0.2) is 15.9 Å². The van der Waals surface area contributed by atoms with Gasteiger partial charge in [-0.25, -0.2) is 0 Å². The molecule has 0 saturated carbocycles. The molecule has 0 amide bonds. The molecular formula is C15H17N3O6S2. The summed E-state index contributed by atoms with van der Waals surface area (Å²) in [5.41, 5.74) is 0.128. The average molecular weight is 399 g/mol. The summed E-state index contributed by atoms with van der Waals surface area (Å²) in [4.78, 5) is 22.8. The second kappa shape index (κ2) is 8.23. The van der Waals surface area contributed by atoms with E-state index in [1.165, 1.54) is 33.3 Å². The predicted molar refractivity (Wildman–Crippen MR) is 96.4 cm³/mol. The Labute approximate surface area is 154 Å². The van der Waals surface area contributed by atoms with Gasteiger partial charge in [0, 0.05) is 19.1 Å². The van der Waals surface area contributed by atoms with Crippen LogP contribution in [-0.4, -0.2) is 49.5 Å². The largest absolute Gasteiger partial charge is 0.497 e. The highest BCUT2D eigenvalue weighted by molar-refractivity contribution is 8.14. The molecule has 0 bridgehead atoms. The van der Waals surface area contributed by atoms with Crippen molar-refractivity contribution >= 4 is 38.4 Å². The first kappa shape index (κ1) is 19.8. The molecule has 0 atom stereocenters. The molecule has 0 fully saturated rings. The number of aromatic nitrogens is 2. The predicted octanol–water partition coefficient (Wildman–Crippen LogP) is 1.69. The van der Waals surface area contributed by atoms with Gasteiger partial charge in [-0.2, -0.15) is 13.5 Å². The quantitative estimate of drug-likeness (QED) is 0.642. The van der Waals surface area contributed by atoms with Gasteiger partial charge in [0.25, 0.3) is 10.0 Å². The van der Waals surface area contributed by atoms with Gasteiger partial charge >= 0.3 is 0 Å². The molecule has 0 aliphatic rings. The van der Waals surface area contributed by atoms with Crippen molar-refractivity contribution in [2.24, 2.45) is 0 Å². The number of carbonyl (C=O) groups excluding carboxylic acids is 2. The Morgan fingerprint density at radius 3 is 2.58 bits per heavy atom. The third kappa shape index (κ3) is 4.76. The number of carbonyl (C=O) groups is 2. The van der Waals surface area contributed by atoms with Crippen molar-refractivity contribution in [3.05, 3.63) is 30.0 Å². The highest BCUT2D eigenvalue weighted by atomic mass is 32.2. The molecule has 0 spiro atoms. The Morgan fingerprint density at radius 2 is 1.96 bits per heavy atom. The number of methoxy groups -OCH3 is 2. The first-order valence-electron chi connectivity index (χ1n) is 7.23. The number of Topliss-reactive ketones (excluding diaryl/α,β-unsaturated/α-hetero) is 1. The number of benzene rings is 1. The lowest BCUT2D eigenvalue weighted by atomic mass is 10.3. The molecule has 0 radical (unpaired) electrons. The van der Waals surface area contributed by atoms with E-state index in [-0.39, 0.29) is 33.0 Å². The van der Waals surface area contributed by atoms with E-state index in [2.05, 4.69) is 14.9 Å². The third-order valence-corrected chi connectivity index (χ3v) is 5.28. The number of H-pyrrole nitrogens is 1. The number of nitrogens with one attached hydrogen (secondary N) is 2. The second-order valence-electron chi connectivity index (χ2n) is 4.99. The number of hydrogen-bond donors (Lipinski definition) is 2. The number of hydrogen-bond acceptors (Lipinski definition) is 8. The van der Waals surface area contributed by atoms with E-state index in [4.69, 9.17) is 9.47 Å². The van der Waals surface area contributed by atoms with E-state index in [0.717, 1.165) is 17.8 Å². The first-order chi connectivity index (χ1) is 12.3. The molecule has 26 heavy (non-hydrogen) atoms. The van der Waals surface area contributed by atoms with Crippen LogP contribution in [0.1, 0.15) is 17.4 Å². The molecule has 2 aromatic rings. The maximum absolute atomic E-state index is 12.5. The molecule has 1 aromatic carbocycles. The summed E-state index contributed by atoms with van der Waals surface area (Å²) < 4.78 is 37.5. The summed E-state index contributed by atoms with van der Waals surface area (Å²) in [6.07, 6.45) is 0. The number of ether oxygens (including phenoxy) is 2. The Bertz CT molecular complexity index is 923. The monoisotopic (exact) mass is 399 g/mol. The molecule has 11 heteroatoms. The minimum absolute atomic E-state index is 0.0687. The number of aromatic amines is 1. The minimum Gasteiger partial charge on any atom is -0.497 e. The molecule has 2 rings (SSSR count). The van der Waals surface area contributed by atoms with Gasteiger partial charge in [-0.15, -0.1) is 0 Å². The number of nitrogens with zero attached hydrogens (tertiary/aromatic N) is 1. The van der Waals surface area contributed by atoms with E-state index in [1.54, 1.807) is 6.07 Å². The molecule has 9 nitrogen and oxygen atoms in total. The Hall–Kier alpha value is -2.53. The normalized spacial score (nSPS) is 11.0. The minimum atomic E-state index is -4.02. The number of anilines is 1. The van der Waals surface area contributed by atoms with Crippen LogP contribution in [0.5, 0.6) is 11.5 Å². The SMILES string of the molecule is COc1ccc(NS(=O)(=O)c2cc(C(=O)CSC(C)=O)n[nH]2)c(OC)c1. The molecule has 0 unspecified atom stereocenters. The highest BCUT2D eigenvalue weighted by Gasteiger charge is 2.22. The maximum Gasteiger partial charge on any atom is 0.278 e. The van der Waals surface area contributed by atoms with E-state index in [1.807, 2.05) is 0 Å². The van der Waals surface area contributed by atoms with Gasteiger partial charge in [-0.1, -0.05) is 11.8 Å². The zero-order valence-electron chi connectivity index (χ0n) is 14.2. The fourth-order valence-electron chi connectivity index (χ4n) is 1.91. The van der Waals surface area contributed by atoms with E-state index in [0.29, 0.717) is 5.75 Å². The number of sulfonamides is 1. The number of rotatable bonds is 8. The Morgan fingerprint density at radius 1 is 1.23 bits per heavy atom. The van der Waals surface area contributed by atoms with Crippen LogP contribution in [0.25, 0.3) is 0 Å². The van der Waals surface area contributed by atoms with Gasteiger partial charge < -0.3 is 9.47 Å². The number of thioether (sulfide) groups is 1. The third-order valence-electron chi connectivity index (χ3n) is 3.19. The zero-order valence-corrected chi connectivity index (χ0v) is 15.9. The molecule has 2 N–H and O–H groups in total. The standard InChI is InChI=1S/C15H17N3O6S2/c1-9(19)25-8-13(20)12-7-15(17-16-12)26(21,22)18-11-5-4-10(23-2)6-14(11)24-3/h4-7,18H,8H2,1-3H3,(H,16,17). The average Bonchev–Trinajstić information content (AvgIpc) is 3.11. The molecule has 1 heterocycles. The van der Waals surface area contributed by atoms with Gasteiger partial charge in [-0.05, 0) is 12.1 Å². The van der Waals surface area contributed by atoms with Gasteiger partial charge in [0.05, 0.1) is 25.7 Å². The van der Waals surface area contributed by atoms with Crippen LogP contribution in [0, 0.1) is 0 Å². The van der Waals surface area contributed by atoms with Gasteiger partial charge in [0.2, 0.25) is 0 Å². The Balaban J connectivity index is 2.21. The summed E-state index contributed by atoms with van der Waals surface area (Å²) >= 11 is 0.826. The molecule has 0 saturated heterocycles. The van der Waals surface area contributed by atoms with Crippen molar-refractivity contribution in [3.8, 4) is 11.5 Å². The van der Waals surface area contributed by atoms with Crippen molar-refractivity contribution in [2.75, 3.05) is 24.7 Å². The van der Waals surface area contributed by atoms with Crippen molar-refractivity contribution < 1.29 is 27.5 Å². The molecule has 140 valence electrons. The number of ketones is 1. The summed E-state index contributed by atoms with van der Waals surface area (Å²) in [5.74, 6) is 0.202. The van der Waals surface area contributed by atoms with Crippen LogP contribution < -0.4 is 14.2 Å². The molecular weight excluding hydrogens is 382 g/mol. The van der Waals surface area contributed by atoms with Gasteiger partial charge in [-0.3, -0.25) is 19.4 Å². The van der Waals surface area contributed by atoms with Crippen LogP contribution in [0.4, 0.5) is 5.69 Å².